The summed E-state index contributed by atoms with van der Waals surface area (Å²) in [6, 6.07) is 8.77. The van der Waals surface area contributed by atoms with Crippen molar-refractivity contribution < 1.29 is 23.9 Å². The fourth-order valence-electron chi connectivity index (χ4n) is 4.10. The molecular weight excluding hydrogens is 562 g/mol. The Morgan fingerprint density at radius 3 is 2.30 bits per heavy atom. The third kappa shape index (κ3) is 9.27. The van der Waals surface area contributed by atoms with E-state index in [0.717, 1.165) is 11.1 Å². The number of ether oxygens (including phenoxy) is 2. The van der Waals surface area contributed by atoms with Crippen LogP contribution in [0.4, 0.5) is 10.5 Å². The van der Waals surface area contributed by atoms with Gasteiger partial charge in [-0.2, -0.15) is 0 Å². The lowest BCUT2D eigenvalue weighted by atomic mass is 9.85. The molecule has 0 radical (unpaired) electrons. The van der Waals surface area contributed by atoms with Crippen molar-refractivity contribution in [1.29, 1.82) is 0 Å². The number of amides is 3. The van der Waals surface area contributed by atoms with Crippen LogP contribution in [0.1, 0.15) is 73.4 Å². The van der Waals surface area contributed by atoms with Gasteiger partial charge in [-0.05, 0) is 67.2 Å². The number of likely N-dealkylation sites (N-methyl/N-ethyl adjacent to an activating group) is 1. The van der Waals surface area contributed by atoms with Gasteiger partial charge < -0.3 is 30.3 Å². The van der Waals surface area contributed by atoms with Crippen LogP contribution in [-0.2, 0) is 5.41 Å². The Labute approximate surface area is 259 Å². The third-order valence-corrected chi connectivity index (χ3v) is 6.65. The maximum absolute atomic E-state index is 13.6. The molecule has 1 heterocycles. The van der Waals surface area contributed by atoms with Gasteiger partial charge in [0.25, 0.3) is 17.7 Å². The lowest BCUT2D eigenvalue weighted by Gasteiger charge is -2.23. The van der Waals surface area contributed by atoms with Crippen molar-refractivity contribution in [3.05, 3.63) is 58.8 Å². The summed E-state index contributed by atoms with van der Waals surface area (Å²) in [5, 5.41) is 16.6. The first kappa shape index (κ1) is 34.0. The monoisotopic (exact) mass is 607 g/mol. The molecule has 12 nitrogen and oxygen atoms in total. The van der Waals surface area contributed by atoms with E-state index in [-0.39, 0.29) is 28.4 Å². The average Bonchev–Trinajstić information content (AvgIpc) is 3.38. The average molecular weight is 608 g/mol. The minimum Gasteiger partial charge on any atom is -0.494 e. The van der Waals surface area contributed by atoms with E-state index < -0.39 is 12.0 Å². The van der Waals surface area contributed by atoms with Crippen LogP contribution in [0.5, 0.6) is 11.6 Å². The van der Waals surface area contributed by atoms with E-state index in [1.807, 2.05) is 73.5 Å². The highest BCUT2D eigenvalue weighted by Crippen LogP contribution is 2.36. The molecule has 3 rings (SSSR count). The van der Waals surface area contributed by atoms with Gasteiger partial charge in [-0.15, -0.1) is 0 Å². The van der Waals surface area contributed by atoms with Gasteiger partial charge in [0.15, 0.2) is 5.75 Å². The Balaban J connectivity index is 1.88. The van der Waals surface area contributed by atoms with Crippen LogP contribution in [0, 0.1) is 12.3 Å². The van der Waals surface area contributed by atoms with Crippen LogP contribution in [0.3, 0.4) is 0 Å². The zero-order valence-electron chi connectivity index (χ0n) is 27.4. The molecule has 0 aliphatic rings. The number of methoxy groups -OCH3 is 1. The number of nitrogens with zero attached hydrogens (tertiary/aromatic N) is 4. The highest BCUT2D eigenvalue weighted by molar-refractivity contribution is 6.07. The Kier molecular flexibility index (Phi) is 10.7. The van der Waals surface area contributed by atoms with Crippen LogP contribution < -0.4 is 25.4 Å². The summed E-state index contributed by atoms with van der Waals surface area (Å²) in [7, 11) is 5.33. The van der Waals surface area contributed by atoms with E-state index in [1.165, 1.54) is 18.0 Å². The molecule has 44 heavy (non-hydrogen) atoms. The fourth-order valence-corrected chi connectivity index (χ4v) is 4.10. The zero-order valence-corrected chi connectivity index (χ0v) is 27.4. The summed E-state index contributed by atoms with van der Waals surface area (Å²) in [6.45, 7) is 15.5. The smallest absolute Gasteiger partial charge is 0.414 e. The molecule has 0 spiro atoms. The largest absolute Gasteiger partial charge is 0.494 e. The van der Waals surface area contributed by atoms with E-state index in [2.05, 4.69) is 26.3 Å². The lowest BCUT2D eigenvalue weighted by Crippen LogP contribution is -2.34. The highest BCUT2D eigenvalue weighted by atomic mass is 16.6. The minimum absolute atomic E-state index is 0.0192. The molecule has 3 N–H and O–H groups in total. The van der Waals surface area contributed by atoms with Crippen molar-refractivity contribution in [3.8, 4) is 17.3 Å². The van der Waals surface area contributed by atoms with Crippen LogP contribution >= 0.6 is 0 Å². The number of carbonyl (C=O) groups excluding carboxylic acids is 3. The molecule has 0 saturated heterocycles. The van der Waals surface area contributed by atoms with Crippen molar-refractivity contribution in [2.24, 2.45) is 5.41 Å². The SMILES string of the molecule is COc1c(NC(=O)c2ccc(C)c(-n3cc(OC(=O)NCC(C)(C)C)nn3)c2)cc(C(C)(C)C)cc1C(=O)NCCN(C)C. The summed E-state index contributed by atoms with van der Waals surface area (Å²) in [5.74, 6) is -0.415. The standard InChI is InChI=1S/C32H45N7O5/c1-20-11-12-21(15-25(20)39-18-26(36-37-39)44-30(42)34-19-31(2,3)4)28(40)35-24-17-22(32(5,6)7)16-23(27(24)43-10)29(41)33-13-14-38(8)9/h11-12,15-18H,13-14,19H2,1-10H3,(H,33,41)(H,34,42)(H,35,40). The Morgan fingerprint density at radius 2 is 1.68 bits per heavy atom. The van der Waals surface area contributed by atoms with E-state index in [1.54, 1.807) is 24.3 Å². The topological polar surface area (TPSA) is 140 Å². The normalized spacial score (nSPS) is 11.7. The second kappa shape index (κ2) is 13.9. The van der Waals surface area contributed by atoms with Crippen LogP contribution in [-0.4, -0.2) is 78.6 Å². The first-order valence-electron chi connectivity index (χ1n) is 14.4. The maximum atomic E-state index is 13.6. The Bertz CT molecular complexity index is 1500. The van der Waals surface area contributed by atoms with Gasteiger partial charge >= 0.3 is 6.09 Å². The molecule has 1 aromatic heterocycles. The van der Waals surface area contributed by atoms with Crippen LogP contribution in [0.15, 0.2) is 36.5 Å². The van der Waals surface area contributed by atoms with Crippen molar-refractivity contribution >= 4 is 23.6 Å². The molecule has 0 bridgehead atoms. The maximum Gasteiger partial charge on any atom is 0.414 e. The molecule has 3 aromatic rings. The van der Waals surface area contributed by atoms with Gasteiger partial charge in [-0.1, -0.05) is 57.9 Å². The van der Waals surface area contributed by atoms with Crippen LogP contribution in [0.2, 0.25) is 0 Å². The Hall–Kier alpha value is -4.45. The van der Waals surface area contributed by atoms with Crippen LogP contribution in [0.25, 0.3) is 5.69 Å². The molecule has 2 aromatic carbocycles. The number of aryl methyl sites for hydroxylation is 1. The summed E-state index contributed by atoms with van der Waals surface area (Å²) < 4.78 is 12.4. The van der Waals surface area contributed by atoms with E-state index in [9.17, 15) is 14.4 Å². The third-order valence-electron chi connectivity index (χ3n) is 6.65. The van der Waals surface area contributed by atoms with Crippen molar-refractivity contribution in [3.63, 3.8) is 0 Å². The first-order valence-corrected chi connectivity index (χ1v) is 14.4. The van der Waals surface area contributed by atoms with E-state index >= 15 is 0 Å². The Morgan fingerprint density at radius 1 is 0.977 bits per heavy atom. The molecule has 3 amide bonds. The molecule has 12 heteroatoms. The summed E-state index contributed by atoms with van der Waals surface area (Å²) in [5.41, 5.74) is 2.89. The van der Waals surface area contributed by atoms with Gasteiger partial charge in [-0.3, -0.25) is 9.59 Å². The molecule has 238 valence electrons. The number of nitrogens with one attached hydrogen (secondary N) is 3. The molecule has 0 unspecified atom stereocenters. The predicted octanol–water partition coefficient (Wildman–Crippen LogP) is 4.56. The number of aromatic nitrogens is 3. The van der Waals surface area contributed by atoms with Crippen molar-refractivity contribution in [2.75, 3.05) is 46.2 Å². The number of anilines is 1. The lowest BCUT2D eigenvalue weighted by molar-refractivity contribution is 0.0946. The number of carbonyl (C=O) groups is 3. The van der Waals surface area contributed by atoms with Crippen molar-refractivity contribution in [2.45, 2.75) is 53.9 Å². The first-order chi connectivity index (χ1) is 20.5. The van der Waals surface area contributed by atoms with E-state index in [4.69, 9.17) is 9.47 Å². The van der Waals surface area contributed by atoms with Crippen molar-refractivity contribution in [1.82, 2.24) is 30.5 Å². The fraction of sp³-hybridized carbons (Fsp3) is 0.469. The summed E-state index contributed by atoms with van der Waals surface area (Å²) in [4.78, 5) is 40.9. The number of hydrogen-bond donors (Lipinski definition) is 3. The van der Waals surface area contributed by atoms with Gasteiger partial charge in [0, 0.05) is 25.2 Å². The number of hydrogen-bond acceptors (Lipinski definition) is 8. The molecule has 0 aliphatic heterocycles. The molecular formula is C32H45N7O5. The second-order valence-electron chi connectivity index (χ2n) is 13.2. The quantitative estimate of drug-likeness (QED) is 0.305. The zero-order chi connectivity index (χ0) is 32.8. The van der Waals surface area contributed by atoms with Gasteiger partial charge in [-0.25, -0.2) is 9.48 Å². The highest BCUT2D eigenvalue weighted by Gasteiger charge is 2.24. The van der Waals surface area contributed by atoms with E-state index in [0.29, 0.717) is 42.1 Å². The summed E-state index contributed by atoms with van der Waals surface area (Å²) >= 11 is 0. The number of rotatable bonds is 10. The summed E-state index contributed by atoms with van der Waals surface area (Å²) in [6.07, 6.45) is 0.839. The predicted molar refractivity (Wildman–Crippen MR) is 170 cm³/mol. The molecule has 0 aliphatic carbocycles. The van der Waals surface area contributed by atoms with Gasteiger partial charge in [0.05, 0.1) is 30.2 Å². The second-order valence-corrected chi connectivity index (χ2v) is 13.2. The number of benzene rings is 2. The minimum atomic E-state index is -0.631. The van der Waals surface area contributed by atoms with Gasteiger partial charge in [0.1, 0.15) is 0 Å². The van der Waals surface area contributed by atoms with Gasteiger partial charge in [0.2, 0.25) is 0 Å². The molecule has 0 atom stereocenters. The molecule has 0 fully saturated rings. The molecule has 0 saturated carbocycles.